The third-order valence-electron chi connectivity index (χ3n) is 5.74. The Kier molecular flexibility index (Phi) is 8.09. The van der Waals surface area contributed by atoms with Crippen molar-refractivity contribution in [2.75, 3.05) is 17.2 Å². The molecule has 0 amide bonds. The number of carbonyl (C=O) groups excluding carboxylic acids is 2. The van der Waals surface area contributed by atoms with Gasteiger partial charge in [-0.15, -0.1) is 0 Å². The standard InChI is InChI=1S/C12H13ClN2O2.C11H15ClN2O/c1-6-3-11(13)15-12-8(6)5-10(17)9(14-12)4-7(2)16;1-7-6-10(12)14-11-9(7)3-2-8(13-11)4-5-15/h3,9H,4-5H2,1-2H3,(H,14,15);6,8,15H,2-5H2,1H3,(H,13,14)/t9-;8-/m01/s1. The molecule has 172 valence electrons. The molecule has 2 aliphatic heterocycles. The molecule has 2 aromatic heterocycles. The smallest absolute Gasteiger partial charge is 0.160 e. The summed E-state index contributed by atoms with van der Waals surface area (Å²) in [6.07, 6.45) is 3.36. The lowest BCUT2D eigenvalue weighted by molar-refractivity contribution is -0.123. The number of fused-ring (bicyclic) bond motifs is 2. The number of Topliss-reactive ketones (excluding diaryl/α,β-unsaturated/α-hetero) is 2. The Morgan fingerprint density at radius 2 is 1.69 bits per heavy atom. The molecular formula is C23H28Cl2N4O3. The van der Waals surface area contributed by atoms with Crippen molar-refractivity contribution in [2.24, 2.45) is 0 Å². The van der Waals surface area contributed by atoms with Crippen LogP contribution in [0, 0.1) is 13.8 Å². The molecule has 3 N–H and O–H groups in total. The first-order valence-corrected chi connectivity index (χ1v) is 11.4. The summed E-state index contributed by atoms with van der Waals surface area (Å²) in [7, 11) is 0. The highest BCUT2D eigenvalue weighted by Gasteiger charge is 2.28. The number of aryl methyl sites for hydroxylation is 2. The van der Waals surface area contributed by atoms with Gasteiger partial charge >= 0.3 is 0 Å². The normalized spacial score (nSPS) is 19.0. The van der Waals surface area contributed by atoms with E-state index >= 15 is 0 Å². The number of nitrogens with zero attached hydrogens (tertiary/aromatic N) is 2. The van der Waals surface area contributed by atoms with Crippen LogP contribution in [0.5, 0.6) is 0 Å². The summed E-state index contributed by atoms with van der Waals surface area (Å²) in [6, 6.07) is 3.49. The van der Waals surface area contributed by atoms with Crippen molar-refractivity contribution in [2.45, 2.75) is 65.0 Å². The van der Waals surface area contributed by atoms with Gasteiger partial charge in [-0.1, -0.05) is 23.2 Å². The molecule has 4 heterocycles. The van der Waals surface area contributed by atoms with Crippen LogP contribution in [0.15, 0.2) is 12.1 Å². The lowest BCUT2D eigenvalue weighted by Crippen LogP contribution is -2.37. The zero-order valence-corrected chi connectivity index (χ0v) is 20.0. The minimum Gasteiger partial charge on any atom is -0.396 e. The summed E-state index contributed by atoms with van der Waals surface area (Å²) in [5.41, 5.74) is 4.27. The number of hydrogen-bond acceptors (Lipinski definition) is 7. The van der Waals surface area contributed by atoms with Crippen LogP contribution in [0.4, 0.5) is 11.6 Å². The van der Waals surface area contributed by atoms with Gasteiger partial charge in [0.2, 0.25) is 0 Å². The molecule has 0 bridgehead atoms. The predicted molar refractivity (Wildman–Crippen MR) is 127 cm³/mol. The number of hydrogen-bond donors (Lipinski definition) is 3. The van der Waals surface area contributed by atoms with Crippen LogP contribution in [-0.2, 0) is 22.4 Å². The van der Waals surface area contributed by atoms with Crippen molar-refractivity contribution >= 4 is 46.4 Å². The Morgan fingerprint density at radius 3 is 2.28 bits per heavy atom. The first-order chi connectivity index (χ1) is 15.2. The molecule has 2 aromatic rings. The molecule has 0 saturated carbocycles. The lowest BCUT2D eigenvalue weighted by Gasteiger charge is -2.26. The molecule has 4 rings (SSSR count). The van der Waals surface area contributed by atoms with Crippen molar-refractivity contribution in [3.05, 3.63) is 44.7 Å². The molecule has 0 unspecified atom stereocenters. The van der Waals surface area contributed by atoms with Gasteiger partial charge in [-0.25, -0.2) is 9.97 Å². The molecule has 32 heavy (non-hydrogen) atoms. The minimum absolute atomic E-state index is 0.0157. The van der Waals surface area contributed by atoms with E-state index in [0.29, 0.717) is 28.6 Å². The Balaban J connectivity index is 0.000000182. The molecule has 0 fully saturated rings. The van der Waals surface area contributed by atoms with Crippen molar-refractivity contribution in [3.8, 4) is 0 Å². The zero-order valence-electron chi connectivity index (χ0n) is 18.5. The molecule has 0 radical (unpaired) electrons. The van der Waals surface area contributed by atoms with Crippen molar-refractivity contribution < 1.29 is 14.7 Å². The van der Waals surface area contributed by atoms with Gasteiger partial charge in [0.25, 0.3) is 0 Å². The van der Waals surface area contributed by atoms with Crippen molar-refractivity contribution in [1.29, 1.82) is 0 Å². The van der Waals surface area contributed by atoms with Crippen LogP contribution in [-0.4, -0.2) is 45.3 Å². The van der Waals surface area contributed by atoms with Gasteiger partial charge < -0.3 is 15.7 Å². The first-order valence-electron chi connectivity index (χ1n) is 10.7. The number of rotatable bonds is 4. The zero-order chi connectivity index (χ0) is 23.4. The number of halogens is 2. The topological polar surface area (TPSA) is 104 Å². The minimum atomic E-state index is -0.467. The fraction of sp³-hybridized carbons (Fsp3) is 0.478. The SMILES string of the molecule is CC(=O)C[C@@H]1Nc2nc(Cl)cc(C)c2CC1=O.Cc1cc(Cl)nc2c1CC[C@H](CCO)N2. The van der Waals surface area contributed by atoms with E-state index in [2.05, 4.69) is 27.5 Å². The fourth-order valence-electron chi connectivity index (χ4n) is 4.05. The van der Waals surface area contributed by atoms with Crippen LogP contribution in [0.3, 0.4) is 0 Å². The molecule has 0 aromatic carbocycles. The molecule has 7 nitrogen and oxygen atoms in total. The molecule has 0 aliphatic carbocycles. The van der Waals surface area contributed by atoms with Crippen LogP contribution in [0.25, 0.3) is 0 Å². The second kappa shape index (κ2) is 10.6. The number of aromatic nitrogens is 2. The maximum atomic E-state index is 11.9. The average molecular weight is 479 g/mol. The Hall–Kier alpha value is -2.22. The van der Waals surface area contributed by atoms with E-state index in [1.54, 1.807) is 6.07 Å². The van der Waals surface area contributed by atoms with Gasteiger partial charge in [-0.05, 0) is 68.9 Å². The van der Waals surface area contributed by atoms with Gasteiger partial charge in [-0.3, -0.25) is 9.59 Å². The molecule has 0 spiro atoms. The van der Waals surface area contributed by atoms with Gasteiger partial charge in [0.15, 0.2) is 5.78 Å². The number of carbonyl (C=O) groups is 2. The highest BCUT2D eigenvalue weighted by molar-refractivity contribution is 6.30. The molecular weight excluding hydrogens is 451 g/mol. The Labute approximate surface area is 197 Å². The van der Waals surface area contributed by atoms with E-state index in [9.17, 15) is 9.59 Å². The van der Waals surface area contributed by atoms with Crippen molar-refractivity contribution in [3.63, 3.8) is 0 Å². The van der Waals surface area contributed by atoms with Gasteiger partial charge in [0, 0.05) is 31.1 Å². The van der Waals surface area contributed by atoms with E-state index in [1.807, 2.05) is 13.0 Å². The molecule has 9 heteroatoms. The largest absolute Gasteiger partial charge is 0.396 e. The lowest BCUT2D eigenvalue weighted by atomic mass is 9.94. The van der Waals surface area contributed by atoms with Crippen LogP contribution in [0.2, 0.25) is 10.3 Å². The Morgan fingerprint density at radius 1 is 1.09 bits per heavy atom. The summed E-state index contributed by atoms with van der Waals surface area (Å²) in [5.74, 6) is 1.53. The number of anilines is 2. The maximum absolute atomic E-state index is 11.9. The number of aliphatic hydroxyl groups excluding tert-OH is 1. The second-order valence-electron chi connectivity index (χ2n) is 8.32. The third kappa shape index (κ3) is 5.97. The highest BCUT2D eigenvalue weighted by Crippen LogP contribution is 2.29. The van der Waals surface area contributed by atoms with Crippen LogP contribution in [0.1, 0.15) is 48.4 Å². The van der Waals surface area contributed by atoms with Crippen molar-refractivity contribution in [1.82, 2.24) is 9.97 Å². The number of pyridine rings is 2. The monoisotopic (exact) mass is 478 g/mol. The molecule has 0 saturated heterocycles. The summed E-state index contributed by atoms with van der Waals surface area (Å²) in [5, 5.41) is 16.1. The molecule has 2 aliphatic rings. The fourth-order valence-corrected chi connectivity index (χ4v) is 4.54. The summed E-state index contributed by atoms with van der Waals surface area (Å²) in [4.78, 5) is 31.4. The average Bonchev–Trinajstić information content (AvgIpc) is 2.69. The van der Waals surface area contributed by atoms with Crippen LogP contribution < -0.4 is 10.6 Å². The molecule has 2 atom stereocenters. The third-order valence-corrected chi connectivity index (χ3v) is 6.12. The first kappa shape index (κ1) is 24.4. The summed E-state index contributed by atoms with van der Waals surface area (Å²) >= 11 is 11.8. The number of nitrogens with one attached hydrogen (secondary N) is 2. The van der Waals surface area contributed by atoms with E-state index < -0.39 is 6.04 Å². The quantitative estimate of drug-likeness (QED) is 0.568. The number of ketones is 2. The summed E-state index contributed by atoms with van der Waals surface area (Å²) < 4.78 is 0. The predicted octanol–water partition coefficient (Wildman–Crippen LogP) is 4.08. The summed E-state index contributed by atoms with van der Waals surface area (Å²) in [6.45, 7) is 5.64. The Bertz CT molecular complexity index is 1030. The van der Waals surface area contributed by atoms with Gasteiger partial charge in [0.05, 0.1) is 6.04 Å². The van der Waals surface area contributed by atoms with E-state index in [-0.39, 0.29) is 24.6 Å². The van der Waals surface area contributed by atoms with E-state index in [1.165, 1.54) is 18.1 Å². The second-order valence-corrected chi connectivity index (χ2v) is 9.09. The maximum Gasteiger partial charge on any atom is 0.160 e. The van der Waals surface area contributed by atoms with E-state index in [0.717, 1.165) is 36.2 Å². The van der Waals surface area contributed by atoms with Crippen LogP contribution >= 0.6 is 23.2 Å². The number of aliphatic hydroxyl groups is 1. The van der Waals surface area contributed by atoms with Gasteiger partial charge in [0.1, 0.15) is 27.7 Å². The van der Waals surface area contributed by atoms with Gasteiger partial charge in [-0.2, -0.15) is 0 Å². The highest BCUT2D eigenvalue weighted by atomic mass is 35.5. The van der Waals surface area contributed by atoms with E-state index in [4.69, 9.17) is 28.3 Å².